The first-order chi connectivity index (χ1) is 14.1. The summed E-state index contributed by atoms with van der Waals surface area (Å²) in [7, 11) is 3.23. The zero-order chi connectivity index (χ0) is 20.2. The van der Waals surface area contributed by atoms with Crippen LogP contribution in [0.2, 0.25) is 0 Å². The summed E-state index contributed by atoms with van der Waals surface area (Å²) in [6.45, 7) is 2.77. The van der Waals surface area contributed by atoms with Crippen LogP contribution >= 0.6 is 0 Å². The van der Waals surface area contributed by atoms with Crippen LogP contribution < -0.4 is 29.6 Å². The lowest BCUT2D eigenvalue weighted by molar-refractivity contribution is 0.174. The highest BCUT2D eigenvalue weighted by molar-refractivity contribution is 5.65. The predicted molar refractivity (Wildman–Crippen MR) is 109 cm³/mol. The zero-order valence-corrected chi connectivity index (χ0v) is 16.5. The molecule has 0 spiro atoms. The fourth-order valence-electron chi connectivity index (χ4n) is 2.99. The molecule has 2 N–H and O–H groups in total. The van der Waals surface area contributed by atoms with Crippen LogP contribution in [0.3, 0.4) is 0 Å². The van der Waals surface area contributed by atoms with Gasteiger partial charge in [-0.1, -0.05) is 6.07 Å². The number of methoxy groups -OCH3 is 2. The summed E-state index contributed by atoms with van der Waals surface area (Å²) in [4.78, 5) is 9.03. The maximum absolute atomic E-state index is 5.43. The molecule has 0 atom stereocenters. The molecule has 0 aliphatic carbocycles. The van der Waals surface area contributed by atoms with Crippen molar-refractivity contribution >= 4 is 17.5 Å². The minimum atomic E-state index is 0.264. The molecule has 0 unspecified atom stereocenters. The smallest absolute Gasteiger partial charge is 0.231 e. The highest BCUT2D eigenvalue weighted by Gasteiger charge is 2.13. The largest absolute Gasteiger partial charge is 0.497 e. The first-order valence-corrected chi connectivity index (χ1v) is 9.12. The number of aromatic nitrogens is 2. The molecule has 8 nitrogen and oxygen atoms in total. The van der Waals surface area contributed by atoms with Crippen molar-refractivity contribution in [2.75, 3.05) is 31.6 Å². The molecule has 0 amide bonds. The fourth-order valence-corrected chi connectivity index (χ4v) is 2.99. The molecule has 29 heavy (non-hydrogen) atoms. The normalized spacial score (nSPS) is 11.8. The number of rotatable bonds is 7. The Kier molecular flexibility index (Phi) is 5.24. The predicted octanol–water partition coefficient (Wildman–Crippen LogP) is 3.89. The Hall–Kier alpha value is -3.68. The monoisotopic (exact) mass is 394 g/mol. The van der Waals surface area contributed by atoms with E-state index in [0.29, 0.717) is 29.8 Å². The molecule has 2 aromatic carbocycles. The van der Waals surface area contributed by atoms with E-state index in [4.69, 9.17) is 18.9 Å². The lowest BCUT2D eigenvalue weighted by Crippen LogP contribution is -2.06. The Bertz CT molecular complexity index is 1030. The van der Waals surface area contributed by atoms with Crippen LogP contribution in [0.5, 0.6) is 23.0 Å². The van der Waals surface area contributed by atoms with Gasteiger partial charge in [-0.2, -0.15) is 4.98 Å². The van der Waals surface area contributed by atoms with Gasteiger partial charge in [0.25, 0.3) is 0 Å². The van der Waals surface area contributed by atoms with Crippen molar-refractivity contribution in [2.45, 2.75) is 13.5 Å². The highest BCUT2D eigenvalue weighted by Crippen LogP contribution is 2.33. The maximum atomic E-state index is 5.43. The number of hydrogen-bond donors (Lipinski definition) is 2. The number of nitrogens with zero attached hydrogens (tertiary/aromatic N) is 2. The molecule has 8 heteroatoms. The number of anilines is 3. The van der Waals surface area contributed by atoms with Gasteiger partial charge in [-0.15, -0.1) is 0 Å². The van der Waals surface area contributed by atoms with E-state index in [2.05, 4.69) is 20.6 Å². The molecule has 0 bridgehead atoms. The molecule has 1 aromatic heterocycles. The van der Waals surface area contributed by atoms with Crippen molar-refractivity contribution in [3.05, 3.63) is 53.7 Å². The van der Waals surface area contributed by atoms with E-state index in [1.54, 1.807) is 14.2 Å². The van der Waals surface area contributed by atoms with E-state index in [9.17, 15) is 0 Å². The molecule has 1 aliphatic rings. The summed E-state index contributed by atoms with van der Waals surface area (Å²) >= 11 is 0. The van der Waals surface area contributed by atoms with Gasteiger partial charge in [-0.3, -0.25) is 0 Å². The van der Waals surface area contributed by atoms with Gasteiger partial charge in [0.1, 0.15) is 17.3 Å². The van der Waals surface area contributed by atoms with Gasteiger partial charge in [0.15, 0.2) is 11.5 Å². The zero-order valence-electron chi connectivity index (χ0n) is 16.5. The van der Waals surface area contributed by atoms with E-state index in [0.717, 1.165) is 28.4 Å². The Morgan fingerprint density at radius 3 is 2.66 bits per heavy atom. The third-order valence-electron chi connectivity index (χ3n) is 4.42. The van der Waals surface area contributed by atoms with E-state index in [1.807, 2.05) is 49.4 Å². The molecule has 3 aromatic rings. The number of aryl methyl sites for hydroxylation is 1. The van der Waals surface area contributed by atoms with Gasteiger partial charge in [0, 0.05) is 24.4 Å². The van der Waals surface area contributed by atoms with E-state index >= 15 is 0 Å². The first-order valence-electron chi connectivity index (χ1n) is 9.12. The van der Waals surface area contributed by atoms with E-state index in [1.165, 1.54) is 0 Å². The Morgan fingerprint density at radius 2 is 1.83 bits per heavy atom. The number of ether oxygens (including phenoxy) is 4. The average molecular weight is 394 g/mol. The summed E-state index contributed by atoms with van der Waals surface area (Å²) in [6.07, 6.45) is 0. The summed E-state index contributed by atoms with van der Waals surface area (Å²) < 4.78 is 21.5. The molecule has 0 fully saturated rings. The topological polar surface area (TPSA) is 86.8 Å². The third kappa shape index (κ3) is 4.26. The Morgan fingerprint density at radius 1 is 0.966 bits per heavy atom. The van der Waals surface area contributed by atoms with Crippen molar-refractivity contribution in [1.82, 2.24) is 9.97 Å². The van der Waals surface area contributed by atoms with Gasteiger partial charge < -0.3 is 29.6 Å². The summed E-state index contributed by atoms with van der Waals surface area (Å²) in [5, 5.41) is 6.53. The van der Waals surface area contributed by atoms with Crippen LogP contribution in [0.25, 0.3) is 0 Å². The van der Waals surface area contributed by atoms with Gasteiger partial charge in [-0.05, 0) is 36.8 Å². The lowest BCUT2D eigenvalue weighted by atomic mass is 10.2. The van der Waals surface area contributed by atoms with Crippen molar-refractivity contribution in [1.29, 1.82) is 0 Å². The maximum Gasteiger partial charge on any atom is 0.231 e. The molecule has 2 heterocycles. The third-order valence-corrected chi connectivity index (χ3v) is 4.42. The molecular formula is C21H22N4O4. The lowest BCUT2D eigenvalue weighted by Gasteiger charge is -2.13. The molecule has 150 valence electrons. The standard InChI is InChI=1S/C21H22N4O4/c1-13-8-20(22-11-14-4-6-18-19(9-14)29-12-28-18)25-21(23-13)24-16-10-15(26-2)5-7-17(16)27-3/h4-10H,11-12H2,1-3H3,(H2,22,23,24,25). The van der Waals surface area contributed by atoms with E-state index < -0.39 is 0 Å². The SMILES string of the molecule is COc1ccc(OC)c(Nc2nc(C)cc(NCc3ccc4c(c3)OCO4)n2)c1. The minimum absolute atomic E-state index is 0.264. The first kappa shape index (κ1) is 18.7. The van der Waals surface area contributed by atoms with E-state index in [-0.39, 0.29) is 6.79 Å². The second kappa shape index (κ2) is 8.14. The minimum Gasteiger partial charge on any atom is -0.497 e. The van der Waals surface area contributed by atoms with Gasteiger partial charge in [0.2, 0.25) is 12.7 Å². The molecule has 4 rings (SSSR count). The summed E-state index contributed by atoms with van der Waals surface area (Å²) in [6, 6.07) is 13.3. The Labute approximate surface area is 168 Å². The number of benzene rings is 2. The van der Waals surface area contributed by atoms with Crippen molar-refractivity contribution in [3.8, 4) is 23.0 Å². The van der Waals surface area contributed by atoms with Gasteiger partial charge >= 0.3 is 0 Å². The van der Waals surface area contributed by atoms with Gasteiger partial charge in [0.05, 0.1) is 19.9 Å². The summed E-state index contributed by atoms with van der Waals surface area (Å²) in [5.41, 5.74) is 2.62. The van der Waals surface area contributed by atoms with Crippen LogP contribution in [-0.2, 0) is 6.54 Å². The Balaban J connectivity index is 1.51. The second-order valence-electron chi connectivity index (χ2n) is 6.45. The van der Waals surface area contributed by atoms with Crippen LogP contribution in [0.4, 0.5) is 17.5 Å². The van der Waals surface area contributed by atoms with Crippen molar-refractivity contribution in [3.63, 3.8) is 0 Å². The molecule has 0 saturated carbocycles. The van der Waals surface area contributed by atoms with Crippen LogP contribution in [0.1, 0.15) is 11.3 Å². The summed E-state index contributed by atoms with van der Waals surface area (Å²) in [5.74, 6) is 4.08. The molecule has 0 saturated heterocycles. The highest BCUT2D eigenvalue weighted by atomic mass is 16.7. The van der Waals surface area contributed by atoms with Crippen LogP contribution in [0, 0.1) is 6.92 Å². The number of hydrogen-bond acceptors (Lipinski definition) is 8. The fraction of sp³-hybridized carbons (Fsp3) is 0.238. The van der Waals surface area contributed by atoms with Crippen LogP contribution in [-0.4, -0.2) is 31.0 Å². The van der Waals surface area contributed by atoms with Crippen LogP contribution in [0.15, 0.2) is 42.5 Å². The average Bonchev–Trinajstić information content (AvgIpc) is 3.19. The molecule has 0 radical (unpaired) electrons. The number of nitrogens with one attached hydrogen (secondary N) is 2. The van der Waals surface area contributed by atoms with Crippen molar-refractivity contribution in [2.24, 2.45) is 0 Å². The quantitative estimate of drug-likeness (QED) is 0.624. The van der Waals surface area contributed by atoms with Crippen molar-refractivity contribution < 1.29 is 18.9 Å². The molecule has 1 aliphatic heterocycles. The number of fused-ring (bicyclic) bond motifs is 1. The van der Waals surface area contributed by atoms with Gasteiger partial charge in [-0.25, -0.2) is 4.98 Å². The second-order valence-corrected chi connectivity index (χ2v) is 6.45. The molecular weight excluding hydrogens is 372 g/mol.